The van der Waals surface area contributed by atoms with Crippen molar-refractivity contribution in [2.24, 2.45) is 0 Å². The second kappa shape index (κ2) is 5.88. The van der Waals surface area contributed by atoms with Crippen LogP contribution in [0.4, 0.5) is 5.69 Å². The molecule has 0 amide bonds. The Kier molecular flexibility index (Phi) is 4.42. The molecule has 4 heteroatoms. The van der Waals surface area contributed by atoms with E-state index in [2.05, 4.69) is 42.0 Å². The minimum Gasteiger partial charge on any atom is -0.380 e. The van der Waals surface area contributed by atoms with Gasteiger partial charge in [-0.3, -0.25) is 4.98 Å². The van der Waals surface area contributed by atoms with Crippen LogP contribution in [0.1, 0.15) is 32.8 Å². The fourth-order valence-electron chi connectivity index (χ4n) is 2.36. The Morgan fingerprint density at radius 1 is 1.47 bits per heavy atom. The summed E-state index contributed by atoms with van der Waals surface area (Å²) in [7, 11) is 1.79. The maximum atomic E-state index is 5.44. The van der Waals surface area contributed by atoms with E-state index in [0.717, 1.165) is 26.1 Å². The van der Waals surface area contributed by atoms with Crippen LogP contribution in [0.25, 0.3) is 0 Å². The highest BCUT2D eigenvalue weighted by Gasteiger charge is 2.24. The number of pyridine rings is 1. The van der Waals surface area contributed by atoms with E-state index < -0.39 is 0 Å². The number of anilines is 1. The van der Waals surface area contributed by atoms with Crippen molar-refractivity contribution >= 4 is 5.69 Å². The number of hydrogen-bond acceptors (Lipinski definition) is 4. The molecule has 1 aliphatic rings. The van der Waals surface area contributed by atoms with Crippen LogP contribution >= 0.6 is 0 Å². The molecule has 0 aromatic carbocycles. The van der Waals surface area contributed by atoms with Crippen molar-refractivity contribution in [3.8, 4) is 0 Å². The number of nitrogens with zero attached hydrogens (tertiary/aromatic N) is 2. The summed E-state index contributed by atoms with van der Waals surface area (Å²) in [5.74, 6) is 0. The number of ether oxygens (including phenoxy) is 1. The molecule has 1 fully saturated rings. The highest BCUT2D eigenvalue weighted by Crippen LogP contribution is 2.25. The highest BCUT2D eigenvalue weighted by atomic mass is 16.5. The third-order valence-corrected chi connectivity index (χ3v) is 3.51. The quantitative estimate of drug-likeness (QED) is 0.903. The van der Waals surface area contributed by atoms with Crippen LogP contribution in [-0.2, 0) is 11.3 Å². The third kappa shape index (κ3) is 3.91. The second-order valence-electron chi connectivity index (χ2n) is 6.20. The van der Waals surface area contributed by atoms with E-state index in [0.29, 0.717) is 6.10 Å². The number of nitrogens with one attached hydrogen (secondary N) is 1. The van der Waals surface area contributed by atoms with E-state index in [1.165, 1.54) is 11.3 Å². The lowest BCUT2D eigenvalue weighted by molar-refractivity contribution is 0.121. The van der Waals surface area contributed by atoms with Gasteiger partial charge in [0.25, 0.3) is 0 Å². The van der Waals surface area contributed by atoms with Gasteiger partial charge in [-0.1, -0.05) is 0 Å². The summed E-state index contributed by atoms with van der Waals surface area (Å²) in [5, 5.41) is 3.53. The minimum absolute atomic E-state index is 0.118. The Morgan fingerprint density at radius 2 is 2.26 bits per heavy atom. The van der Waals surface area contributed by atoms with Crippen molar-refractivity contribution in [1.82, 2.24) is 10.3 Å². The van der Waals surface area contributed by atoms with E-state index in [1.807, 2.05) is 12.4 Å². The molecule has 2 heterocycles. The molecular formula is C15H25N3O. The molecule has 19 heavy (non-hydrogen) atoms. The molecule has 106 valence electrons. The van der Waals surface area contributed by atoms with Crippen LogP contribution in [0.15, 0.2) is 18.5 Å². The second-order valence-corrected chi connectivity index (χ2v) is 6.20. The van der Waals surface area contributed by atoms with E-state index in [9.17, 15) is 0 Å². The van der Waals surface area contributed by atoms with Crippen molar-refractivity contribution in [1.29, 1.82) is 0 Å². The zero-order chi connectivity index (χ0) is 13.9. The first-order valence-corrected chi connectivity index (χ1v) is 6.95. The molecule has 1 aliphatic heterocycles. The van der Waals surface area contributed by atoms with Crippen molar-refractivity contribution in [3.63, 3.8) is 0 Å². The van der Waals surface area contributed by atoms with Gasteiger partial charge in [0.05, 0.1) is 6.10 Å². The zero-order valence-electron chi connectivity index (χ0n) is 12.4. The van der Waals surface area contributed by atoms with Gasteiger partial charge in [0.15, 0.2) is 0 Å². The Labute approximate surface area is 116 Å². The van der Waals surface area contributed by atoms with Crippen LogP contribution in [-0.4, -0.2) is 36.8 Å². The molecule has 2 rings (SSSR count). The molecule has 1 aromatic heterocycles. The van der Waals surface area contributed by atoms with Gasteiger partial charge in [-0.15, -0.1) is 0 Å². The molecule has 1 unspecified atom stereocenters. The molecule has 1 N–H and O–H groups in total. The summed E-state index contributed by atoms with van der Waals surface area (Å²) in [6.45, 7) is 9.43. The summed E-state index contributed by atoms with van der Waals surface area (Å²) >= 11 is 0. The Bertz CT molecular complexity index is 414. The predicted molar refractivity (Wildman–Crippen MR) is 78.5 cm³/mol. The summed E-state index contributed by atoms with van der Waals surface area (Å²) < 4.78 is 5.44. The van der Waals surface area contributed by atoms with Crippen molar-refractivity contribution in [2.45, 2.75) is 45.4 Å². The molecule has 0 aliphatic carbocycles. The lowest BCUT2D eigenvalue weighted by atomic mass is 10.1. The summed E-state index contributed by atoms with van der Waals surface area (Å²) in [6.07, 6.45) is 5.30. The van der Waals surface area contributed by atoms with Crippen LogP contribution in [0.2, 0.25) is 0 Å². The SMILES string of the molecule is COC1CCN(c2ccncc2CNC(C)(C)C)C1. The van der Waals surface area contributed by atoms with Gasteiger partial charge < -0.3 is 15.0 Å². The van der Waals surface area contributed by atoms with Gasteiger partial charge in [-0.25, -0.2) is 0 Å². The standard InChI is InChI=1S/C15H25N3O/c1-15(2,3)17-10-12-9-16-7-5-14(12)18-8-6-13(11-18)19-4/h5,7,9,13,17H,6,8,10-11H2,1-4H3. The van der Waals surface area contributed by atoms with Gasteiger partial charge in [0.2, 0.25) is 0 Å². The molecule has 1 aromatic rings. The maximum absolute atomic E-state index is 5.44. The van der Waals surface area contributed by atoms with Gasteiger partial charge in [-0.2, -0.15) is 0 Å². The molecule has 0 radical (unpaired) electrons. The largest absolute Gasteiger partial charge is 0.380 e. The van der Waals surface area contributed by atoms with Gasteiger partial charge >= 0.3 is 0 Å². The monoisotopic (exact) mass is 263 g/mol. The fraction of sp³-hybridized carbons (Fsp3) is 0.667. The summed E-state index contributed by atoms with van der Waals surface area (Å²) in [4.78, 5) is 6.66. The van der Waals surface area contributed by atoms with E-state index in [-0.39, 0.29) is 5.54 Å². The van der Waals surface area contributed by atoms with Crippen LogP contribution in [0.5, 0.6) is 0 Å². The van der Waals surface area contributed by atoms with E-state index in [1.54, 1.807) is 7.11 Å². The number of rotatable bonds is 4. The Hall–Kier alpha value is -1.13. The number of hydrogen-bond donors (Lipinski definition) is 1. The molecule has 1 atom stereocenters. The minimum atomic E-state index is 0.118. The average Bonchev–Trinajstić information content (AvgIpc) is 2.84. The smallest absolute Gasteiger partial charge is 0.0762 e. The topological polar surface area (TPSA) is 37.4 Å². The van der Waals surface area contributed by atoms with Gasteiger partial charge in [-0.05, 0) is 33.3 Å². The Morgan fingerprint density at radius 3 is 2.89 bits per heavy atom. The lowest BCUT2D eigenvalue weighted by Gasteiger charge is -2.25. The van der Waals surface area contributed by atoms with E-state index >= 15 is 0 Å². The molecule has 1 saturated heterocycles. The van der Waals surface area contributed by atoms with E-state index in [4.69, 9.17) is 4.74 Å². The summed E-state index contributed by atoms with van der Waals surface area (Å²) in [5.41, 5.74) is 2.66. The first kappa shape index (κ1) is 14.3. The lowest BCUT2D eigenvalue weighted by Crippen LogP contribution is -2.35. The predicted octanol–water partition coefficient (Wildman–Crippen LogP) is 2.19. The molecule has 4 nitrogen and oxygen atoms in total. The highest BCUT2D eigenvalue weighted by molar-refractivity contribution is 5.53. The molecular weight excluding hydrogens is 238 g/mol. The molecule has 0 spiro atoms. The van der Waals surface area contributed by atoms with Crippen LogP contribution < -0.4 is 10.2 Å². The Balaban J connectivity index is 2.08. The fourth-order valence-corrected chi connectivity index (χ4v) is 2.36. The summed E-state index contributed by atoms with van der Waals surface area (Å²) in [6, 6.07) is 2.11. The van der Waals surface area contributed by atoms with Gasteiger partial charge in [0, 0.05) is 55.9 Å². The first-order valence-electron chi connectivity index (χ1n) is 6.95. The van der Waals surface area contributed by atoms with Crippen LogP contribution in [0, 0.1) is 0 Å². The number of methoxy groups -OCH3 is 1. The van der Waals surface area contributed by atoms with Crippen molar-refractivity contribution in [3.05, 3.63) is 24.0 Å². The van der Waals surface area contributed by atoms with Gasteiger partial charge in [0.1, 0.15) is 0 Å². The molecule has 0 saturated carbocycles. The average molecular weight is 263 g/mol. The normalized spacial score (nSPS) is 20.0. The molecule has 0 bridgehead atoms. The number of aromatic nitrogens is 1. The van der Waals surface area contributed by atoms with Crippen LogP contribution in [0.3, 0.4) is 0 Å². The van der Waals surface area contributed by atoms with Crippen molar-refractivity contribution < 1.29 is 4.74 Å². The maximum Gasteiger partial charge on any atom is 0.0762 e. The van der Waals surface area contributed by atoms with Crippen molar-refractivity contribution in [2.75, 3.05) is 25.1 Å². The zero-order valence-corrected chi connectivity index (χ0v) is 12.4. The third-order valence-electron chi connectivity index (χ3n) is 3.51. The first-order chi connectivity index (χ1) is 8.99.